The van der Waals surface area contributed by atoms with Crippen LogP contribution in [0.4, 0.5) is 5.69 Å². The molecule has 0 radical (unpaired) electrons. The van der Waals surface area contributed by atoms with E-state index in [1.807, 2.05) is 7.05 Å². The van der Waals surface area contributed by atoms with E-state index in [0.717, 1.165) is 32.0 Å². The summed E-state index contributed by atoms with van der Waals surface area (Å²) in [5, 5.41) is 8.91. The first-order chi connectivity index (χ1) is 11.3. The lowest BCUT2D eigenvalue weighted by Gasteiger charge is -2.28. The van der Waals surface area contributed by atoms with Crippen LogP contribution in [0, 0.1) is 0 Å². The second-order valence-electron chi connectivity index (χ2n) is 5.81. The fourth-order valence-electron chi connectivity index (χ4n) is 2.98. The molecule has 1 aromatic heterocycles. The summed E-state index contributed by atoms with van der Waals surface area (Å²) in [6.07, 6.45) is 1.14. The third-order valence-corrected chi connectivity index (χ3v) is 5.13. The van der Waals surface area contributed by atoms with Gasteiger partial charge in [-0.25, -0.2) is 0 Å². The van der Waals surface area contributed by atoms with Crippen molar-refractivity contribution in [2.45, 2.75) is 25.9 Å². The first kappa shape index (κ1) is 15.9. The van der Waals surface area contributed by atoms with E-state index in [9.17, 15) is 0 Å². The molecule has 0 fully saturated rings. The van der Waals surface area contributed by atoms with E-state index < -0.39 is 0 Å². The van der Waals surface area contributed by atoms with Crippen LogP contribution in [-0.4, -0.2) is 32.1 Å². The van der Waals surface area contributed by atoms with Crippen molar-refractivity contribution in [3.05, 3.63) is 52.2 Å². The summed E-state index contributed by atoms with van der Waals surface area (Å²) < 4.78 is 0. The molecule has 0 spiro atoms. The predicted octanol–water partition coefficient (Wildman–Crippen LogP) is 2.86. The van der Waals surface area contributed by atoms with Crippen molar-refractivity contribution in [2.75, 3.05) is 25.0 Å². The minimum absolute atomic E-state index is 0.430. The smallest absolute Gasteiger partial charge is 0.191 e. The minimum Gasteiger partial charge on any atom is -0.366 e. The molecule has 1 unspecified atom stereocenters. The Morgan fingerprint density at radius 1 is 1.26 bits per heavy atom. The molecule has 122 valence electrons. The van der Waals surface area contributed by atoms with E-state index in [1.54, 1.807) is 11.3 Å². The number of anilines is 1. The molecule has 2 heterocycles. The van der Waals surface area contributed by atoms with Crippen LogP contribution in [0.25, 0.3) is 0 Å². The Morgan fingerprint density at radius 2 is 2.13 bits per heavy atom. The number of aliphatic imine (C=N–C) groups is 1. The molecule has 1 aliphatic rings. The Kier molecular flexibility index (Phi) is 5.18. The molecule has 0 bridgehead atoms. The molecule has 1 aromatic carbocycles. The lowest BCUT2D eigenvalue weighted by Crippen LogP contribution is -2.45. The number of hydrogen-bond acceptors (Lipinski definition) is 3. The molecule has 0 amide bonds. The highest BCUT2D eigenvalue weighted by Crippen LogP contribution is 2.28. The van der Waals surface area contributed by atoms with Crippen LogP contribution in [0.2, 0.25) is 0 Å². The highest BCUT2D eigenvalue weighted by Gasteiger charge is 2.22. The first-order valence-corrected chi connectivity index (χ1v) is 8.97. The van der Waals surface area contributed by atoms with Gasteiger partial charge in [0, 0.05) is 36.7 Å². The van der Waals surface area contributed by atoms with Crippen molar-refractivity contribution in [1.82, 2.24) is 10.6 Å². The maximum Gasteiger partial charge on any atom is 0.191 e. The third-order valence-electron chi connectivity index (χ3n) is 4.25. The standard InChI is InChI=1S/C18H24N4S/c1-14(22-10-9-15-6-3-4-8-17(15)22)12-20-18(19-2)21-13-16-7-5-11-23-16/h3-8,11,14H,9-10,12-13H2,1-2H3,(H2,19,20,21). The summed E-state index contributed by atoms with van der Waals surface area (Å²) in [6.45, 7) is 5.06. The number of rotatable bonds is 5. The summed E-state index contributed by atoms with van der Waals surface area (Å²) in [5.41, 5.74) is 2.84. The van der Waals surface area contributed by atoms with E-state index in [0.29, 0.717) is 6.04 Å². The van der Waals surface area contributed by atoms with E-state index in [2.05, 4.69) is 69.2 Å². The van der Waals surface area contributed by atoms with Gasteiger partial charge < -0.3 is 15.5 Å². The zero-order valence-electron chi connectivity index (χ0n) is 13.7. The van der Waals surface area contributed by atoms with E-state index in [-0.39, 0.29) is 0 Å². The number of hydrogen-bond donors (Lipinski definition) is 2. The van der Waals surface area contributed by atoms with Crippen molar-refractivity contribution in [2.24, 2.45) is 4.99 Å². The Morgan fingerprint density at radius 3 is 2.91 bits per heavy atom. The predicted molar refractivity (Wildman–Crippen MR) is 99.5 cm³/mol. The van der Waals surface area contributed by atoms with Crippen molar-refractivity contribution in [1.29, 1.82) is 0 Å². The average molecular weight is 328 g/mol. The van der Waals surface area contributed by atoms with Crippen LogP contribution in [0.5, 0.6) is 0 Å². The van der Waals surface area contributed by atoms with Gasteiger partial charge in [-0.1, -0.05) is 24.3 Å². The van der Waals surface area contributed by atoms with Gasteiger partial charge in [-0.05, 0) is 36.4 Å². The monoisotopic (exact) mass is 328 g/mol. The molecule has 1 atom stereocenters. The fourth-order valence-corrected chi connectivity index (χ4v) is 3.63. The Labute approximate surface area is 142 Å². The van der Waals surface area contributed by atoms with Gasteiger partial charge in [0.1, 0.15) is 0 Å². The summed E-state index contributed by atoms with van der Waals surface area (Å²) in [4.78, 5) is 8.11. The van der Waals surface area contributed by atoms with Crippen LogP contribution < -0.4 is 15.5 Å². The van der Waals surface area contributed by atoms with Crippen LogP contribution in [0.3, 0.4) is 0 Å². The number of fused-ring (bicyclic) bond motifs is 1. The first-order valence-electron chi connectivity index (χ1n) is 8.09. The molecule has 5 heteroatoms. The fraction of sp³-hybridized carbons (Fsp3) is 0.389. The summed E-state index contributed by atoms with van der Waals surface area (Å²) >= 11 is 1.76. The molecular formula is C18H24N4S. The highest BCUT2D eigenvalue weighted by molar-refractivity contribution is 7.09. The summed E-state index contributed by atoms with van der Waals surface area (Å²) in [5.74, 6) is 0.859. The van der Waals surface area contributed by atoms with Gasteiger partial charge >= 0.3 is 0 Å². The van der Waals surface area contributed by atoms with Gasteiger partial charge in [-0.3, -0.25) is 4.99 Å². The molecule has 2 aromatic rings. The molecular weight excluding hydrogens is 304 g/mol. The normalized spacial score (nSPS) is 15.4. The Bertz CT molecular complexity index is 651. The average Bonchev–Trinajstić information content (AvgIpc) is 3.24. The largest absolute Gasteiger partial charge is 0.366 e. The van der Waals surface area contributed by atoms with Crippen molar-refractivity contribution in [3.8, 4) is 0 Å². The lowest BCUT2D eigenvalue weighted by molar-refractivity contribution is 0.625. The SMILES string of the molecule is CN=C(NCc1cccs1)NCC(C)N1CCc2ccccc21. The maximum atomic E-state index is 4.31. The van der Waals surface area contributed by atoms with E-state index >= 15 is 0 Å². The number of nitrogens with one attached hydrogen (secondary N) is 2. The molecule has 2 N–H and O–H groups in total. The quantitative estimate of drug-likeness (QED) is 0.655. The molecule has 3 rings (SSSR count). The van der Waals surface area contributed by atoms with E-state index in [4.69, 9.17) is 0 Å². The molecule has 23 heavy (non-hydrogen) atoms. The second-order valence-corrected chi connectivity index (χ2v) is 6.84. The zero-order chi connectivity index (χ0) is 16.1. The van der Waals surface area contributed by atoms with Crippen LogP contribution in [-0.2, 0) is 13.0 Å². The topological polar surface area (TPSA) is 39.7 Å². The maximum absolute atomic E-state index is 4.31. The van der Waals surface area contributed by atoms with Gasteiger partial charge in [0.2, 0.25) is 0 Å². The highest BCUT2D eigenvalue weighted by atomic mass is 32.1. The van der Waals surface area contributed by atoms with Crippen LogP contribution in [0.15, 0.2) is 46.8 Å². The van der Waals surface area contributed by atoms with Gasteiger partial charge in [0.15, 0.2) is 5.96 Å². The number of para-hydroxylation sites is 1. The second kappa shape index (κ2) is 7.51. The van der Waals surface area contributed by atoms with Gasteiger partial charge in [0.25, 0.3) is 0 Å². The number of nitrogens with zero attached hydrogens (tertiary/aromatic N) is 2. The van der Waals surface area contributed by atoms with E-state index in [1.165, 1.54) is 16.1 Å². The molecule has 0 aliphatic carbocycles. The molecule has 0 saturated carbocycles. The van der Waals surface area contributed by atoms with Gasteiger partial charge in [-0.2, -0.15) is 0 Å². The van der Waals surface area contributed by atoms with Gasteiger partial charge in [-0.15, -0.1) is 11.3 Å². The van der Waals surface area contributed by atoms with Crippen molar-refractivity contribution < 1.29 is 0 Å². The molecule has 1 aliphatic heterocycles. The molecule has 0 saturated heterocycles. The van der Waals surface area contributed by atoms with Gasteiger partial charge in [0.05, 0.1) is 6.54 Å². The zero-order valence-corrected chi connectivity index (χ0v) is 14.6. The number of thiophene rings is 1. The minimum atomic E-state index is 0.430. The summed E-state index contributed by atoms with van der Waals surface area (Å²) in [7, 11) is 1.82. The number of guanidine groups is 1. The van der Waals surface area contributed by atoms with Crippen LogP contribution >= 0.6 is 11.3 Å². The molecule has 4 nitrogen and oxygen atoms in total. The van der Waals surface area contributed by atoms with Crippen LogP contribution in [0.1, 0.15) is 17.4 Å². The Balaban J connectivity index is 1.51. The lowest BCUT2D eigenvalue weighted by atomic mass is 10.2. The summed E-state index contributed by atoms with van der Waals surface area (Å²) in [6, 6.07) is 13.3. The third kappa shape index (κ3) is 3.85. The van der Waals surface area contributed by atoms with Crippen molar-refractivity contribution in [3.63, 3.8) is 0 Å². The van der Waals surface area contributed by atoms with Crippen molar-refractivity contribution >= 4 is 23.0 Å². The Hall–Kier alpha value is -2.01. The number of benzene rings is 1.